The average molecular weight is 224 g/mol. The Labute approximate surface area is 94.5 Å². The molecule has 0 heterocycles. The van der Waals surface area contributed by atoms with Gasteiger partial charge in [0.05, 0.1) is 19.1 Å². The van der Waals surface area contributed by atoms with Crippen LogP contribution in [0.2, 0.25) is 0 Å². The van der Waals surface area contributed by atoms with Gasteiger partial charge in [-0.15, -0.1) is 0 Å². The topological polar surface area (TPSA) is 66.8 Å². The number of carboxylic acids is 1. The molecule has 0 aliphatic heterocycles. The van der Waals surface area contributed by atoms with E-state index in [0.717, 1.165) is 11.3 Å². The Morgan fingerprint density at radius 1 is 1.44 bits per heavy atom. The van der Waals surface area contributed by atoms with Crippen LogP contribution in [0.15, 0.2) is 18.2 Å². The van der Waals surface area contributed by atoms with Crippen LogP contribution < -0.4 is 4.74 Å². The summed E-state index contributed by atoms with van der Waals surface area (Å²) in [5.74, 6) is -1.12. The monoisotopic (exact) mass is 224 g/mol. The number of aliphatic carboxylic acids is 1. The van der Waals surface area contributed by atoms with Crippen molar-refractivity contribution in [3.8, 4) is 5.75 Å². The number of carbonyl (C=O) groups is 1. The molecule has 0 fully saturated rings. The lowest BCUT2D eigenvalue weighted by molar-refractivity contribution is -0.145. The van der Waals surface area contributed by atoms with Gasteiger partial charge in [0.15, 0.2) is 0 Å². The quantitative estimate of drug-likeness (QED) is 0.817. The molecule has 1 rings (SSSR count). The number of hydrogen-bond acceptors (Lipinski definition) is 3. The zero-order valence-electron chi connectivity index (χ0n) is 9.60. The van der Waals surface area contributed by atoms with Crippen LogP contribution >= 0.6 is 0 Å². The van der Waals surface area contributed by atoms with Crippen LogP contribution in [0.5, 0.6) is 5.75 Å². The summed E-state index contributed by atoms with van der Waals surface area (Å²) in [6, 6.07) is 5.14. The maximum atomic E-state index is 10.7. The Bertz CT molecular complexity index is 387. The summed E-state index contributed by atoms with van der Waals surface area (Å²) in [5.41, 5.74) is 1.46. The molecule has 0 spiro atoms. The molecule has 0 amide bonds. The van der Waals surface area contributed by atoms with Gasteiger partial charge in [0, 0.05) is 0 Å². The lowest BCUT2D eigenvalue weighted by atomic mass is 9.96. The molecule has 0 saturated heterocycles. The van der Waals surface area contributed by atoms with Gasteiger partial charge in [0.1, 0.15) is 5.75 Å². The highest BCUT2D eigenvalue weighted by atomic mass is 16.5. The van der Waals surface area contributed by atoms with E-state index < -0.39 is 18.0 Å². The summed E-state index contributed by atoms with van der Waals surface area (Å²) < 4.78 is 5.09. The van der Waals surface area contributed by atoms with Crippen molar-refractivity contribution >= 4 is 5.97 Å². The van der Waals surface area contributed by atoms with Crippen molar-refractivity contribution in [2.24, 2.45) is 5.92 Å². The maximum Gasteiger partial charge on any atom is 0.309 e. The van der Waals surface area contributed by atoms with E-state index in [4.69, 9.17) is 9.84 Å². The number of hydrogen-bond donors (Lipinski definition) is 2. The van der Waals surface area contributed by atoms with E-state index in [1.165, 1.54) is 6.92 Å². The molecule has 0 aliphatic rings. The first-order valence-electron chi connectivity index (χ1n) is 5.02. The van der Waals surface area contributed by atoms with Crippen molar-refractivity contribution < 1.29 is 19.7 Å². The minimum Gasteiger partial charge on any atom is -0.496 e. The molecular formula is C12H16O4. The van der Waals surface area contributed by atoms with Gasteiger partial charge < -0.3 is 14.9 Å². The number of rotatable bonds is 4. The number of aryl methyl sites for hydroxylation is 1. The van der Waals surface area contributed by atoms with Crippen LogP contribution in [0.1, 0.15) is 24.2 Å². The van der Waals surface area contributed by atoms with E-state index in [1.807, 2.05) is 6.92 Å². The molecule has 16 heavy (non-hydrogen) atoms. The molecule has 1 aromatic rings. The summed E-state index contributed by atoms with van der Waals surface area (Å²) >= 11 is 0. The standard InChI is InChI=1S/C12H16O4/c1-7-6-9(4-5-10(7)16-3)11(13)8(2)12(14)15/h4-6,8,11,13H,1-3H3,(H,14,15). The van der Waals surface area contributed by atoms with Crippen molar-refractivity contribution in [2.45, 2.75) is 20.0 Å². The van der Waals surface area contributed by atoms with Gasteiger partial charge >= 0.3 is 5.97 Å². The first-order valence-corrected chi connectivity index (χ1v) is 5.02. The Morgan fingerprint density at radius 3 is 2.50 bits per heavy atom. The summed E-state index contributed by atoms with van der Waals surface area (Å²) in [6.45, 7) is 3.33. The number of aliphatic hydroxyl groups is 1. The molecule has 4 heteroatoms. The van der Waals surface area contributed by atoms with Gasteiger partial charge in [-0.1, -0.05) is 6.07 Å². The van der Waals surface area contributed by atoms with E-state index in [2.05, 4.69) is 0 Å². The van der Waals surface area contributed by atoms with Crippen molar-refractivity contribution in [1.29, 1.82) is 0 Å². The van der Waals surface area contributed by atoms with Gasteiger partial charge in [-0.3, -0.25) is 4.79 Å². The van der Waals surface area contributed by atoms with E-state index >= 15 is 0 Å². The molecule has 0 bridgehead atoms. The highest BCUT2D eigenvalue weighted by molar-refractivity contribution is 5.70. The van der Waals surface area contributed by atoms with Crippen LogP contribution in [-0.4, -0.2) is 23.3 Å². The van der Waals surface area contributed by atoms with Crippen molar-refractivity contribution in [2.75, 3.05) is 7.11 Å². The molecule has 0 radical (unpaired) electrons. The van der Waals surface area contributed by atoms with Gasteiger partial charge in [0.25, 0.3) is 0 Å². The Hall–Kier alpha value is -1.55. The molecule has 1 aromatic carbocycles. The third kappa shape index (κ3) is 2.52. The molecular weight excluding hydrogens is 208 g/mol. The van der Waals surface area contributed by atoms with Crippen LogP contribution in [0, 0.1) is 12.8 Å². The van der Waals surface area contributed by atoms with Gasteiger partial charge in [-0.2, -0.15) is 0 Å². The molecule has 0 aliphatic carbocycles. The summed E-state index contributed by atoms with van der Waals surface area (Å²) in [7, 11) is 1.57. The fourth-order valence-corrected chi connectivity index (χ4v) is 1.51. The smallest absolute Gasteiger partial charge is 0.309 e. The third-order valence-electron chi connectivity index (χ3n) is 2.62. The third-order valence-corrected chi connectivity index (χ3v) is 2.62. The van der Waals surface area contributed by atoms with E-state index in [1.54, 1.807) is 25.3 Å². The van der Waals surface area contributed by atoms with Crippen LogP contribution in [0.3, 0.4) is 0 Å². The van der Waals surface area contributed by atoms with Crippen LogP contribution in [0.4, 0.5) is 0 Å². The van der Waals surface area contributed by atoms with Gasteiger partial charge in [-0.25, -0.2) is 0 Å². The molecule has 4 nitrogen and oxygen atoms in total. The minimum absolute atomic E-state index is 0.591. The lowest BCUT2D eigenvalue weighted by Gasteiger charge is -2.16. The van der Waals surface area contributed by atoms with E-state index in [9.17, 15) is 9.90 Å². The second-order valence-corrected chi connectivity index (χ2v) is 3.80. The van der Waals surface area contributed by atoms with Crippen molar-refractivity contribution in [3.05, 3.63) is 29.3 Å². The fourth-order valence-electron chi connectivity index (χ4n) is 1.51. The van der Waals surface area contributed by atoms with Gasteiger partial charge in [0.2, 0.25) is 0 Å². The number of benzene rings is 1. The Kier molecular flexibility index (Phi) is 3.90. The zero-order chi connectivity index (χ0) is 12.3. The predicted molar refractivity (Wildman–Crippen MR) is 59.5 cm³/mol. The van der Waals surface area contributed by atoms with E-state index in [-0.39, 0.29) is 0 Å². The highest BCUT2D eigenvalue weighted by Gasteiger charge is 2.23. The second-order valence-electron chi connectivity index (χ2n) is 3.80. The maximum absolute atomic E-state index is 10.7. The largest absolute Gasteiger partial charge is 0.496 e. The van der Waals surface area contributed by atoms with Crippen LogP contribution in [0.25, 0.3) is 0 Å². The lowest BCUT2D eigenvalue weighted by Crippen LogP contribution is -2.18. The summed E-state index contributed by atoms with van der Waals surface area (Å²) in [6.07, 6.45) is -0.998. The minimum atomic E-state index is -1.01. The molecule has 2 unspecified atom stereocenters. The van der Waals surface area contributed by atoms with Crippen molar-refractivity contribution in [3.63, 3.8) is 0 Å². The molecule has 2 N–H and O–H groups in total. The van der Waals surface area contributed by atoms with Gasteiger partial charge in [-0.05, 0) is 37.1 Å². The average Bonchev–Trinajstić information content (AvgIpc) is 2.26. The number of ether oxygens (including phenoxy) is 1. The molecule has 0 saturated carbocycles. The van der Waals surface area contributed by atoms with Crippen LogP contribution in [-0.2, 0) is 4.79 Å². The predicted octanol–water partition coefficient (Wildman–Crippen LogP) is 1.76. The number of aliphatic hydroxyl groups excluding tert-OH is 1. The molecule has 88 valence electrons. The first-order chi connectivity index (χ1) is 7.47. The first kappa shape index (κ1) is 12.5. The molecule has 2 atom stereocenters. The normalized spacial score (nSPS) is 14.2. The zero-order valence-corrected chi connectivity index (χ0v) is 9.60. The molecule has 0 aromatic heterocycles. The second kappa shape index (κ2) is 4.99. The summed E-state index contributed by atoms with van der Waals surface area (Å²) in [5, 5.41) is 18.6. The summed E-state index contributed by atoms with van der Waals surface area (Å²) in [4.78, 5) is 10.7. The van der Waals surface area contributed by atoms with Crippen molar-refractivity contribution in [1.82, 2.24) is 0 Å². The number of carboxylic acid groups (broad SMARTS) is 1. The van der Waals surface area contributed by atoms with E-state index in [0.29, 0.717) is 5.56 Å². The number of methoxy groups -OCH3 is 1. The Balaban J connectivity index is 2.97. The Morgan fingerprint density at radius 2 is 2.06 bits per heavy atom. The highest BCUT2D eigenvalue weighted by Crippen LogP contribution is 2.26. The SMILES string of the molecule is COc1ccc(C(O)C(C)C(=O)O)cc1C. The fraction of sp³-hybridized carbons (Fsp3) is 0.417.